The first-order valence-electron chi connectivity index (χ1n) is 10.1. The summed E-state index contributed by atoms with van der Waals surface area (Å²) in [7, 11) is 0. The molecule has 0 saturated heterocycles. The first-order valence-corrected chi connectivity index (χ1v) is 10.1. The normalized spacial score (nSPS) is 11.1. The van der Waals surface area contributed by atoms with Gasteiger partial charge in [-0.15, -0.1) is 0 Å². The first-order chi connectivity index (χ1) is 14.8. The molecule has 2 N–H and O–H groups in total. The fraction of sp³-hybridized carbons (Fsp3) is 0.381. The molecule has 3 amide bonds. The first kappa shape index (κ1) is 22.0. The number of nitrogens with one attached hydrogen (secondary N) is 2. The van der Waals surface area contributed by atoms with Gasteiger partial charge in [-0.25, -0.2) is 19.1 Å². The Morgan fingerprint density at radius 2 is 1.81 bits per heavy atom. The lowest BCUT2D eigenvalue weighted by atomic mass is 10.2. The largest absolute Gasteiger partial charge is 0.338 e. The van der Waals surface area contributed by atoms with E-state index >= 15 is 0 Å². The Bertz CT molecular complexity index is 1210. The van der Waals surface area contributed by atoms with Crippen molar-refractivity contribution in [1.29, 1.82) is 0 Å². The van der Waals surface area contributed by atoms with Gasteiger partial charge in [-0.05, 0) is 18.4 Å². The van der Waals surface area contributed by atoms with Crippen LogP contribution in [0.5, 0.6) is 0 Å². The number of hydrogen-bond donors (Lipinski definition) is 2. The summed E-state index contributed by atoms with van der Waals surface area (Å²) in [4.78, 5) is 54.7. The molecule has 164 valence electrons. The van der Waals surface area contributed by atoms with E-state index < -0.39 is 29.7 Å². The zero-order valence-corrected chi connectivity index (χ0v) is 17.8. The average Bonchev–Trinajstić information content (AvgIpc) is 3.17. The van der Waals surface area contributed by atoms with Crippen molar-refractivity contribution in [2.45, 2.75) is 40.4 Å². The summed E-state index contributed by atoms with van der Waals surface area (Å²) in [5, 5.41) is 4.72. The van der Waals surface area contributed by atoms with Crippen LogP contribution in [0.4, 0.5) is 4.79 Å². The third-order valence-corrected chi connectivity index (χ3v) is 4.73. The van der Waals surface area contributed by atoms with Crippen LogP contribution >= 0.6 is 0 Å². The molecule has 2 aromatic heterocycles. The maximum atomic E-state index is 13.1. The standard InChI is InChI=1S/C21H26N6O4/c1-4-25-13-23-18-17(25)19(29)27(12-16(28)24-20(30)22-10-14(2)3)21(31)26(18)11-15-8-6-5-7-9-15/h5-9,13-14H,4,10-12H2,1-3H3,(H2,22,24,28,30). The smallest absolute Gasteiger partial charge is 0.333 e. The molecule has 0 fully saturated rings. The minimum absolute atomic E-state index is 0.188. The van der Waals surface area contributed by atoms with Gasteiger partial charge in [0.2, 0.25) is 5.91 Å². The van der Waals surface area contributed by atoms with E-state index in [1.165, 1.54) is 10.9 Å². The molecule has 0 atom stereocenters. The predicted octanol–water partition coefficient (Wildman–Crippen LogP) is 0.910. The van der Waals surface area contributed by atoms with Gasteiger partial charge in [0.25, 0.3) is 5.56 Å². The summed E-state index contributed by atoms with van der Waals surface area (Å²) in [5.41, 5.74) is 0.0450. The van der Waals surface area contributed by atoms with Crippen molar-refractivity contribution in [3.8, 4) is 0 Å². The number of urea groups is 1. The second-order valence-electron chi connectivity index (χ2n) is 7.60. The summed E-state index contributed by atoms with van der Waals surface area (Å²) < 4.78 is 3.83. The monoisotopic (exact) mass is 426 g/mol. The topological polar surface area (TPSA) is 120 Å². The predicted molar refractivity (Wildman–Crippen MR) is 116 cm³/mol. The molecule has 0 aliphatic carbocycles. The SMILES string of the molecule is CCn1cnc2c1c(=O)n(CC(=O)NC(=O)NCC(C)C)c(=O)n2Cc1ccccc1. The van der Waals surface area contributed by atoms with Crippen molar-refractivity contribution in [1.82, 2.24) is 29.3 Å². The highest BCUT2D eigenvalue weighted by Gasteiger charge is 2.20. The fourth-order valence-electron chi connectivity index (χ4n) is 3.18. The molecule has 0 aliphatic heterocycles. The summed E-state index contributed by atoms with van der Waals surface area (Å²) >= 11 is 0. The Balaban J connectivity index is 1.99. The van der Waals surface area contributed by atoms with Crippen molar-refractivity contribution in [3.63, 3.8) is 0 Å². The van der Waals surface area contributed by atoms with E-state index in [0.717, 1.165) is 10.1 Å². The number of aromatic nitrogens is 4. The van der Waals surface area contributed by atoms with E-state index in [-0.39, 0.29) is 23.6 Å². The number of nitrogens with zero attached hydrogens (tertiary/aromatic N) is 4. The Hall–Kier alpha value is -3.69. The van der Waals surface area contributed by atoms with E-state index in [9.17, 15) is 19.2 Å². The molecule has 2 heterocycles. The van der Waals surface area contributed by atoms with Gasteiger partial charge in [-0.3, -0.25) is 19.5 Å². The Labute approximate surface area is 178 Å². The summed E-state index contributed by atoms with van der Waals surface area (Å²) in [6.45, 7) is 6.17. The van der Waals surface area contributed by atoms with Crippen molar-refractivity contribution in [2.24, 2.45) is 5.92 Å². The van der Waals surface area contributed by atoms with Gasteiger partial charge < -0.3 is 9.88 Å². The summed E-state index contributed by atoms with van der Waals surface area (Å²) in [6, 6.07) is 8.61. The van der Waals surface area contributed by atoms with E-state index in [0.29, 0.717) is 13.1 Å². The average molecular weight is 426 g/mol. The molecular formula is C21H26N6O4. The lowest BCUT2D eigenvalue weighted by Crippen LogP contribution is -2.47. The van der Waals surface area contributed by atoms with Crippen LogP contribution in [0.3, 0.4) is 0 Å². The number of fused-ring (bicyclic) bond motifs is 1. The van der Waals surface area contributed by atoms with E-state index in [1.54, 1.807) is 4.57 Å². The zero-order chi connectivity index (χ0) is 22.5. The number of imide groups is 1. The van der Waals surface area contributed by atoms with Crippen LogP contribution in [0.2, 0.25) is 0 Å². The highest BCUT2D eigenvalue weighted by Crippen LogP contribution is 2.09. The van der Waals surface area contributed by atoms with Crippen LogP contribution in [-0.4, -0.2) is 37.2 Å². The lowest BCUT2D eigenvalue weighted by molar-refractivity contribution is -0.120. The van der Waals surface area contributed by atoms with Crippen LogP contribution in [0.1, 0.15) is 26.3 Å². The summed E-state index contributed by atoms with van der Waals surface area (Å²) in [5.74, 6) is -0.543. The molecule has 1 aromatic carbocycles. The number of benzene rings is 1. The van der Waals surface area contributed by atoms with Gasteiger partial charge in [-0.2, -0.15) is 0 Å². The second kappa shape index (κ2) is 9.41. The number of carbonyl (C=O) groups is 2. The molecular weight excluding hydrogens is 400 g/mol. The van der Waals surface area contributed by atoms with Crippen LogP contribution < -0.4 is 21.9 Å². The van der Waals surface area contributed by atoms with Crippen molar-refractivity contribution in [2.75, 3.05) is 6.54 Å². The zero-order valence-electron chi connectivity index (χ0n) is 17.8. The second-order valence-corrected chi connectivity index (χ2v) is 7.60. The fourth-order valence-corrected chi connectivity index (χ4v) is 3.18. The van der Waals surface area contributed by atoms with Gasteiger partial charge in [0.1, 0.15) is 6.54 Å². The molecule has 0 bridgehead atoms. The number of carbonyl (C=O) groups excluding carboxylic acids is 2. The van der Waals surface area contributed by atoms with Gasteiger partial charge in [0.15, 0.2) is 11.2 Å². The number of amides is 3. The van der Waals surface area contributed by atoms with Crippen molar-refractivity contribution in [3.05, 3.63) is 63.1 Å². The Morgan fingerprint density at radius 3 is 2.45 bits per heavy atom. The third kappa shape index (κ3) is 4.90. The van der Waals surface area contributed by atoms with Gasteiger partial charge in [-0.1, -0.05) is 44.2 Å². The third-order valence-electron chi connectivity index (χ3n) is 4.73. The lowest BCUT2D eigenvalue weighted by Gasteiger charge is -2.13. The van der Waals surface area contributed by atoms with Crippen LogP contribution in [0, 0.1) is 5.92 Å². The molecule has 3 rings (SSSR count). The molecule has 0 unspecified atom stereocenters. The number of imidazole rings is 1. The minimum Gasteiger partial charge on any atom is -0.338 e. The number of aryl methyl sites for hydroxylation is 1. The van der Waals surface area contributed by atoms with Crippen LogP contribution in [0.25, 0.3) is 11.2 Å². The molecule has 0 aliphatic rings. The van der Waals surface area contributed by atoms with Crippen molar-refractivity contribution < 1.29 is 9.59 Å². The van der Waals surface area contributed by atoms with Crippen LogP contribution in [0.15, 0.2) is 46.2 Å². The Kier molecular flexibility index (Phi) is 6.68. The molecule has 10 nitrogen and oxygen atoms in total. The number of rotatable bonds is 7. The molecule has 0 radical (unpaired) electrons. The molecule has 0 spiro atoms. The quantitative estimate of drug-likeness (QED) is 0.582. The van der Waals surface area contributed by atoms with Gasteiger partial charge in [0, 0.05) is 13.1 Å². The van der Waals surface area contributed by atoms with E-state index in [1.807, 2.05) is 51.1 Å². The minimum atomic E-state index is -0.756. The maximum absolute atomic E-state index is 13.1. The van der Waals surface area contributed by atoms with Crippen molar-refractivity contribution >= 4 is 23.1 Å². The molecule has 0 saturated carbocycles. The summed E-state index contributed by atoms with van der Waals surface area (Å²) in [6.07, 6.45) is 1.50. The highest BCUT2D eigenvalue weighted by molar-refractivity contribution is 5.94. The molecule has 31 heavy (non-hydrogen) atoms. The molecule has 3 aromatic rings. The highest BCUT2D eigenvalue weighted by atomic mass is 16.2. The van der Waals surface area contributed by atoms with E-state index in [4.69, 9.17) is 0 Å². The van der Waals surface area contributed by atoms with Crippen LogP contribution in [-0.2, 0) is 24.4 Å². The Morgan fingerprint density at radius 1 is 1.10 bits per heavy atom. The van der Waals surface area contributed by atoms with Gasteiger partial charge >= 0.3 is 11.7 Å². The number of hydrogen-bond acceptors (Lipinski definition) is 5. The molecule has 10 heteroatoms. The van der Waals surface area contributed by atoms with Gasteiger partial charge in [0.05, 0.1) is 12.9 Å². The maximum Gasteiger partial charge on any atom is 0.333 e. The van der Waals surface area contributed by atoms with E-state index in [2.05, 4.69) is 15.6 Å².